The highest BCUT2D eigenvalue weighted by molar-refractivity contribution is 6.02. The second-order valence-corrected chi connectivity index (χ2v) is 10.3. The molecule has 0 unspecified atom stereocenters. The number of piperidine rings is 1. The molecule has 13 heteroatoms. The number of carbonyl (C=O) groups is 1. The lowest BCUT2D eigenvalue weighted by Gasteiger charge is -2.33. The van der Waals surface area contributed by atoms with Crippen molar-refractivity contribution in [3.63, 3.8) is 0 Å². The largest absolute Gasteiger partial charge is 0.419 e. The summed E-state index contributed by atoms with van der Waals surface area (Å²) < 4.78 is 56.0. The summed E-state index contributed by atoms with van der Waals surface area (Å²) in [5, 5.41) is 5.96. The van der Waals surface area contributed by atoms with Gasteiger partial charge in [-0.1, -0.05) is 13.8 Å². The molecule has 1 aliphatic heterocycles. The number of nitrogens with two attached hydrogens (primary N) is 1. The van der Waals surface area contributed by atoms with Gasteiger partial charge in [-0.3, -0.25) is 4.79 Å². The molecule has 1 amide bonds. The van der Waals surface area contributed by atoms with Crippen molar-refractivity contribution in [3.05, 3.63) is 53.5 Å². The van der Waals surface area contributed by atoms with Crippen molar-refractivity contribution in [3.8, 4) is 11.3 Å². The van der Waals surface area contributed by atoms with Gasteiger partial charge in [-0.25, -0.2) is 19.3 Å². The Morgan fingerprint density at radius 3 is 2.58 bits per heavy atom. The summed E-state index contributed by atoms with van der Waals surface area (Å²) in [5.41, 5.74) is 5.44. The first-order chi connectivity index (χ1) is 19.0. The molecule has 40 heavy (non-hydrogen) atoms. The number of imidazole rings is 1. The maximum absolute atomic E-state index is 13.9. The molecule has 0 aliphatic carbocycles. The van der Waals surface area contributed by atoms with E-state index in [1.165, 1.54) is 19.4 Å². The maximum atomic E-state index is 13.9. The van der Waals surface area contributed by atoms with E-state index in [9.17, 15) is 22.4 Å². The third kappa shape index (κ3) is 6.52. The highest BCUT2D eigenvalue weighted by Gasteiger charge is 2.35. The number of aromatic nitrogens is 4. The van der Waals surface area contributed by atoms with Crippen LogP contribution in [0, 0.1) is 11.7 Å². The minimum absolute atomic E-state index is 0.0141. The van der Waals surface area contributed by atoms with Gasteiger partial charge >= 0.3 is 6.18 Å². The molecule has 3 heterocycles. The number of nitrogens with zero attached hydrogens (tertiary/aromatic N) is 5. The summed E-state index contributed by atoms with van der Waals surface area (Å²) in [6, 6.07) is 2.96. The van der Waals surface area contributed by atoms with Crippen LogP contribution in [0.25, 0.3) is 11.3 Å². The summed E-state index contributed by atoms with van der Waals surface area (Å²) in [4.78, 5) is 27.4. The zero-order valence-corrected chi connectivity index (χ0v) is 22.7. The number of hydrogen-bond acceptors (Lipinski definition) is 7. The third-order valence-electron chi connectivity index (χ3n) is 6.93. The van der Waals surface area contributed by atoms with Crippen LogP contribution >= 0.6 is 0 Å². The van der Waals surface area contributed by atoms with Crippen LogP contribution < -0.4 is 21.3 Å². The quantitative estimate of drug-likeness (QED) is 0.266. The zero-order chi connectivity index (χ0) is 29.0. The lowest BCUT2D eigenvalue weighted by atomic mass is 9.95. The van der Waals surface area contributed by atoms with E-state index in [0.717, 1.165) is 24.5 Å². The van der Waals surface area contributed by atoms with Crippen LogP contribution in [0.15, 0.2) is 30.7 Å². The smallest absolute Gasteiger partial charge is 0.383 e. The van der Waals surface area contributed by atoms with Gasteiger partial charge in [0.25, 0.3) is 5.91 Å². The normalized spacial score (nSPS) is 14.7. The van der Waals surface area contributed by atoms with E-state index in [0.29, 0.717) is 56.5 Å². The van der Waals surface area contributed by atoms with Crippen molar-refractivity contribution in [1.82, 2.24) is 30.2 Å². The number of amides is 1. The van der Waals surface area contributed by atoms with Gasteiger partial charge in [-0.05, 0) is 43.5 Å². The first kappa shape index (κ1) is 29.2. The highest BCUT2D eigenvalue weighted by Crippen LogP contribution is 2.36. The first-order valence-corrected chi connectivity index (χ1v) is 13.2. The summed E-state index contributed by atoms with van der Waals surface area (Å²) in [5.74, 6) is 0.103. The fourth-order valence-corrected chi connectivity index (χ4v) is 4.89. The topological polar surface area (TPSA) is 114 Å². The van der Waals surface area contributed by atoms with E-state index in [1.54, 1.807) is 6.20 Å². The molecule has 0 radical (unpaired) electrons. The van der Waals surface area contributed by atoms with Crippen molar-refractivity contribution in [2.24, 2.45) is 5.92 Å². The van der Waals surface area contributed by atoms with Gasteiger partial charge in [0.15, 0.2) is 0 Å². The second kappa shape index (κ2) is 12.2. The lowest BCUT2D eigenvalue weighted by molar-refractivity contribution is -0.139. The van der Waals surface area contributed by atoms with Gasteiger partial charge in [-0.15, -0.1) is 0 Å². The van der Waals surface area contributed by atoms with E-state index >= 15 is 0 Å². The van der Waals surface area contributed by atoms with E-state index in [2.05, 4.69) is 34.4 Å². The van der Waals surface area contributed by atoms with Crippen LogP contribution in [-0.4, -0.2) is 58.7 Å². The van der Waals surface area contributed by atoms with Crippen molar-refractivity contribution >= 4 is 17.5 Å². The predicted octanol–water partition coefficient (Wildman–Crippen LogP) is 4.07. The molecule has 0 spiro atoms. The predicted molar refractivity (Wildman–Crippen MR) is 144 cm³/mol. The van der Waals surface area contributed by atoms with Crippen LogP contribution in [0.5, 0.6) is 0 Å². The van der Waals surface area contributed by atoms with Crippen molar-refractivity contribution < 1.29 is 22.4 Å². The number of rotatable bonds is 9. The standard InChI is InChI=1S/C27H34F4N8O/c1-16(2)13-34-8-11-39-14-21(18-4-5-20(28)19(12-18)27(29,30)31)37-24(39)17-6-9-38(10-7-17)25-22(26(40)33-3)23(32)35-15-36-25/h4-5,12,14-17,34H,6-11,13H2,1-3H3,(H,33,40)(H2,32,35,36). The number of benzene rings is 1. The Kier molecular flexibility index (Phi) is 8.92. The number of hydrogen-bond donors (Lipinski definition) is 3. The molecule has 0 saturated carbocycles. The molecule has 1 aromatic carbocycles. The Labute approximate surface area is 230 Å². The van der Waals surface area contributed by atoms with E-state index in [4.69, 9.17) is 10.7 Å². The van der Waals surface area contributed by atoms with E-state index in [-0.39, 0.29) is 28.8 Å². The molecular formula is C27H34F4N8O. The number of carbonyl (C=O) groups excluding carboxylic acids is 1. The summed E-state index contributed by atoms with van der Waals surface area (Å²) in [7, 11) is 1.51. The van der Waals surface area contributed by atoms with Crippen molar-refractivity contribution in [2.75, 3.05) is 43.9 Å². The fraction of sp³-hybridized carbons (Fsp3) is 0.481. The monoisotopic (exact) mass is 562 g/mol. The first-order valence-electron chi connectivity index (χ1n) is 13.2. The average Bonchev–Trinajstić information content (AvgIpc) is 3.34. The van der Waals surface area contributed by atoms with Gasteiger partial charge in [0.1, 0.15) is 35.2 Å². The van der Waals surface area contributed by atoms with Gasteiger partial charge in [0, 0.05) is 50.9 Å². The molecule has 1 aliphatic rings. The zero-order valence-electron chi connectivity index (χ0n) is 22.7. The highest BCUT2D eigenvalue weighted by atomic mass is 19.4. The average molecular weight is 563 g/mol. The number of nitrogens with one attached hydrogen (secondary N) is 2. The molecule has 3 aromatic rings. The molecular weight excluding hydrogens is 528 g/mol. The van der Waals surface area contributed by atoms with Crippen LogP contribution in [0.3, 0.4) is 0 Å². The Hall–Kier alpha value is -3.74. The van der Waals surface area contributed by atoms with E-state index in [1.807, 2.05) is 9.47 Å². The SMILES string of the molecule is CNC(=O)c1c(N)ncnc1N1CCC(c2nc(-c3ccc(F)c(C(F)(F)F)c3)cn2CCNCC(C)C)CC1. The van der Waals surface area contributed by atoms with Crippen LogP contribution in [0.4, 0.5) is 29.2 Å². The number of nitrogen functional groups attached to an aromatic ring is 1. The Morgan fingerprint density at radius 1 is 1.20 bits per heavy atom. The minimum atomic E-state index is -4.81. The molecule has 2 aromatic heterocycles. The minimum Gasteiger partial charge on any atom is -0.383 e. The van der Waals surface area contributed by atoms with Crippen LogP contribution in [0.1, 0.15) is 54.4 Å². The Bertz CT molecular complexity index is 1330. The fourth-order valence-electron chi connectivity index (χ4n) is 4.89. The molecule has 0 atom stereocenters. The molecule has 4 N–H and O–H groups in total. The molecule has 0 bridgehead atoms. The lowest BCUT2D eigenvalue weighted by Crippen LogP contribution is -2.36. The van der Waals surface area contributed by atoms with Crippen LogP contribution in [0.2, 0.25) is 0 Å². The number of anilines is 2. The van der Waals surface area contributed by atoms with Gasteiger partial charge < -0.3 is 25.8 Å². The third-order valence-corrected chi connectivity index (χ3v) is 6.93. The van der Waals surface area contributed by atoms with Gasteiger partial charge in [0.2, 0.25) is 0 Å². The molecule has 216 valence electrons. The summed E-state index contributed by atoms with van der Waals surface area (Å²) in [6.07, 6.45) is -0.406. The Balaban J connectivity index is 1.59. The summed E-state index contributed by atoms with van der Waals surface area (Å²) >= 11 is 0. The van der Waals surface area contributed by atoms with Gasteiger partial charge in [-0.2, -0.15) is 13.2 Å². The molecule has 9 nitrogen and oxygen atoms in total. The molecule has 4 rings (SSSR count). The molecule has 1 saturated heterocycles. The van der Waals surface area contributed by atoms with Gasteiger partial charge in [0.05, 0.1) is 11.3 Å². The second-order valence-electron chi connectivity index (χ2n) is 10.3. The summed E-state index contributed by atoms with van der Waals surface area (Å²) in [6.45, 7) is 7.40. The van der Waals surface area contributed by atoms with Crippen molar-refractivity contribution in [1.29, 1.82) is 0 Å². The number of alkyl halides is 3. The van der Waals surface area contributed by atoms with Crippen LogP contribution in [-0.2, 0) is 12.7 Å². The van der Waals surface area contributed by atoms with E-state index < -0.39 is 17.6 Å². The molecule has 1 fully saturated rings. The van der Waals surface area contributed by atoms with Crippen molar-refractivity contribution in [2.45, 2.75) is 45.3 Å². The Morgan fingerprint density at radius 2 is 1.93 bits per heavy atom. The number of halogens is 4. The maximum Gasteiger partial charge on any atom is 0.419 e.